The summed E-state index contributed by atoms with van der Waals surface area (Å²) in [5.41, 5.74) is 4.45. The van der Waals surface area contributed by atoms with Crippen LogP contribution in [0.25, 0.3) is 0 Å². The van der Waals surface area contributed by atoms with Crippen LogP contribution in [0.1, 0.15) is 48.8 Å². The number of nitriles is 1. The molecule has 2 amide bonds. The summed E-state index contributed by atoms with van der Waals surface area (Å²) in [6.07, 6.45) is 2.76. The minimum absolute atomic E-state index is 0.0103. The van der Waals surface area contributed by atoms with Crippen molar-refractivity contribution in [3.63, 3.8) is 0 Å². The van der Waals surface area contributed by atoms with E-state index < -0.39 is 5.92 Å². The number of hydrogen-bond acceptors (Lipinski definition) is 6. The fourth-order valence-corrected chi connectivity index (χ4v) is 5.29. The summed E-state index contributed by atoms with van der Waals surface area (Å²) >= 11 is 0. The lowest BCUT2D eigenvalue weighted by Crippen LogP contribution is -2.36. The predicted molar refractivity (Wildman–Crippen MR) is 140 cm³/mol. The van der Waals surface area contributed by atoms with Crippen molar-refractivity contribution in [2.45, 2.75) is 45.8 Å². The van der Waals surface area contributed by atoms with Gasteiger partial charge in [0.15, 0.2) is 0 Å². The molecule has 2 aliphatic heterocycles. The van der Waals surface area contributed by atoms with Crippen LogP contribution in [0.2, 0.25) is 0 Å². The van der Waals surface area contributed by atoms with Gasteiger partial charge in [0.1, 0.15) is 12.2 Å². The second kappa shape index (κ2) is 10.1. The van der Waals surface area contributed by atoms with Crippen LogP contribution in [-0.4, -0.2) is 51.6 Å². The van der Waals surface area contributed by atoms with Crippen molar-refractivity contribution in [1.29, 1.82) is 5.26 Å². The highest BCUT2D eigenvalue weighted by atomic mass is 16.2. The quantitative estimate of drug-likeness (QED) is 0.497. The summed E-state index contributed by atoms with van der Waals surface area (Å²) in [5, 5.41) is 17.5. The van der Waals surface area contributed by atoms with Gasteiger partial charge in [-0.05, 0) is 62.7 Å². The molecule has 1 atom stereocenters. The highest BCUT2D eigenvalue weighted by Crippen LogP contribution is 2.33. The molecule has 1 unspecified atom stereocenters. The maximum Gasteiger partial charge on any atom is 0.232 e. The molecule has 5 rings (SSSR count). The van der Waals surface area contributed by atoms with Gasteiger partial charge in [-0.1, -0.05) is 18.2 Å². The van der Waals surface area contributed by atoms with Crippen molar-refractivity contribution in [2.75, 3.05) is 29.9 Å². The Morgan fingerprint density at radius 3 is 2.84 bits per heavy atom. The third kappa shape index (κ3) is 4.98. The molecular formula is C28H31N7O2. The molecule has 0 radical (unpaired) electrons. The first-order chi connectivity index (χ1) is 17.8. The molecule has 190 valence electrons. The van der Waals surface area contributed by atoms with Crippen LogP contribution in [0.4, 0.5) is 11.4 Å². The van der Waals surface area contributed by atoms with Crippen molar-refractivity contribution in [3.05, 3.63) is 71.3 Å². The zero-order valence-electron chi connectivity index (χ0n) is 21.5. The Kier molecular flexibility index (Phi) is 6.76. The van der Waals surface area contributed by atoms with Gasteiger partial charge < -0.3 is 14.4 Å². The summed E-state index contributed by atoms with van der Waals surface area (Å²) in [4.78, 5) is 31.9. The Balaban J connectivity index is 1.24. The summed E-state index contributed by atoms with van der Waals surface area (Å²) < 4.78 is 2.08. The lowest BCUT2D eigenvalue weighted by molar-refractivity contribution is -0.124. The molecule has 1 saturated heterocycles. The van der Waals surface area contributed by atoms with E-state index in [1.165, 1.54) is 5.56 Å². The van der Waals surface area contributed by atoms with Gasteiger partial charge in [-0.2, -0.15) is 5.26 Å². The second-order valence-electron chi connectivity index (χ2n) is 10.2. The molecule has 0 aliphatic carbocycles. The summed E-state index contributed by atoms with van der Waals surface area (Å²) in [6, 6.07) is 15.7. The number of carbonyl (C=O) groups is 2. The first-order valence-electron chi connectivity index (χ1n) is 12.6. The predicted octanol–water partition coefficient (Wildman–Crippen LogP) is 3.30. The van der Waals surface area contributed by atoms with E-state index >= 15 is 0 Å². The number of fused-ring (bicyclic) bond motifs is 1. The molecule has 2 aliphatic rings. The Hall–Kier alpha value is -4.03. The van der Waals surface area contributed by atoms with E-state index in [-0.39, 0.29) is 18.2 Å². The molecule has 1 fully saturated rings. The summed E-state index contributed by atoms with van der Waals surface area (Å²) in [6.45, 7) is 6.66. The van der Waals surface area contributed by atoms with Gasteiger partial charge in [0.25, 0.3) is 0 Å². The first-order valence-corrected chi connectivity index (χ1v) is 12.6. The zero-order valence-corrected chi connectivity index (χ0v) is 21.5. The maximum absolute atomic E-state index is 13.5. The van der Waals surface area contributed by atoms with Gasteiger partial charge in [-0.15, -0.1) is 10.2 Å². The van der Waals surface area contributed by atoms with E-state index in [9.17, 15) is 14.9 Å². The number of amides is 2. The molecule has 0 spiro atoms. The molecule has 0 saturated carbocycles. The van der Waals surface area contributed by atoms with Gasteiger partial charge in [0, 0.05) is 43.5 Å². The Morgan fingerprint density at radius 2 is 2.05 bits per heavy atom. The molecule has 37 heavy (non-hydrogen) atoms. The first kappa shape index (κ1) is 24.7. The smallest absolute Gasteiger partial charge is 0.232 e. The van der Waals surface area contributed by atoms with Crippen LogP contribution in [0.5, 0.6) is 0 Å². The number of hydrogen-bond donors (Lipinski definition) is 0. The van der Waals surface area contributed by atoms with Crippen LogP contribution in [0.15, 0.2) is 48.8 Å². The topological polar surface area (TPSA) is 98.4 Å². The van der Waals surface area contributed by atoms with Gasteiger partial charge in [-0.25, -0.2) is 0 Å². The van der Waals surface area contributed by atoms with E-state index in [1.54, 1.807) is 29.4 Å². The van der Waals surface area contributed by atoms with E-state index in [1.807, 2.05) is 17.0 Å². The Bertz CT molecular complexity index is 1370. The normalized spacial score (nSPS) is 17.1. The molecule has 3 heterocycles. The molecule has 2 aromatic carbocycles. The van der Waals surface area contributed by atoms with Crippen LogP contribution >= 0.6 is 0 Å². The van der Waals surface area contributed by atoms with Crippen molar-refractivity contribution >= 4 is 23.2 Å². The van der Waals surface area contributed by atoms with E-state index in [0.717, 1.165) is 30.0 Å². The van der Waals surface area contributed by atoms with Crippen LogP contribution in [0, 0.1) is 17.2 Å². The molecule has 3 aromatic rings. The van der Waals surface area contributed by atoms with Gasteiger partial charge in [-0.3, -0.25) is 14.5 Å². The van der Waals surface area contributed by atoms with Gasteiger partial charge in [0.05, 0.1) is 24.1 Å². The minimum atomic E-state index is -0.395. The fraction of sp³-hybridized carbons (Fsp3) is 0.393. The SMILES string of the molecule is CC(C)n1cnnc1CN(C)Cc1ccc2c(c1)CCN2C(=O)C1CC(=O)N(c2cccc(C#N)c2)C1. The summed E-state index contributed by atoms with van der Waals surface area (Å²) in [7, 11) is 2.07. The fourth-order valence-electron chi connectivity index (χ4n) is 5.29. The Morgan fingerprint density at radius 1 is 1.22 bits per heavy atom. The van der Waals surface area contributed by atoms with Gasteiger partial charge >= 0.3 is 0 Å². The Labute approximate surface area is 216 Å². The molecule has 0 bridgehead atoms. The number of nitrogens with zero attached hydrogens (tertiary/aromatic N) is 7. The van der Waals surface area contributed by atoms with Gasteiger partial charge in [0.2, 0.25) is 11.8 Å². The number of benzene rings is 2. The van der Waals surface area contributed by atoms with E-state index in [2.05, 4.69) is 58.8 Å². The number of aromatic nitrogens is 3. The number of carbonyl (C=O) groups excluding carboxylic acids is 2. The standard InChI is InChI=1S/C28H31N7O2/c1-19(2)35-18-30-31-26(35)17-32(3)15-21-7-8-25-22(11-21)9-10-33(25)28(37)23-13-27(36)34(16-23)24-6-4-5-20(12-24)14-29/h4-8,11-12,18-19,23H,9-10,13,15-17H2,1-3H3. The van der Waals surface area contributed by atoms with Crippen molar-refractivity contribution < 1.29 is 9.59 Å². The van der Waals surface area contributed by atoms with Crippen molar-refractivity contribution in [3.8, 4) is 6.07 Å². The van der Waals surface area contributed by atoms with Crippen LogP contribution < -0.4 is 9.80 Å². The third-order valence-corrected chi connectivity index (χ3v) is 7.13. The monoisotopic (exact) mass is 497 g/mol. The highest BCUT2D eigenvalue weighted by Gasteiger charge is 2.39. The second-order valence-corrected chi connectivity index (χ2v) is 10.2. The van der Waals surface area contributed by atoms with E-state index in [0.29, 0.717) is 36.9 Å². The maximum atomic E-state index is 13.5. The van der Waals surface area contributed by atoms with Crippen LogP contribution in [0.3, 0.4) is 0 Å². The summed E-state index contributed by atoms with van der Waals surface area (Å²) in [5.74, 6) is 0.451. The molecule has 0 N–H and O–H groups in total. The molecule has 9 heteroatoms. The molecule has 9 nitrogen and oxygen atoms in total. The highest BCUT2D eigenvalue weighted by molar-refractivity contribution is 6.05. The van der Waals surface area contributed by atoms with Crippen molar-refractivity contribution in [1.82, 2.24) is 19.7 Å². The third-order valence-electron chi connectivity index (χ3n) is 7.13. The van der Waals surface area contributed by atoms with E-state index in [4.69, 9.17) is 0 Å². The lowest BCUT2D eigenvalue weighted by atomic mass is 10.1. The zero-order chi connectivity index (χ0) is 26.1. The number of rotatable bonds is 7. The van der Waals surface area contributed by atoms with Crippen molar-refractivity contribution in [2.24, 2.45) is 5.92 Å². The lowest BCUT2D eigenvalue weighted by Gasteiger charge is -2.22. The molecule has 1 aromatic heterocycles. The van der Waals surface area contributed by atoms with Crippen LogP contribution in [-0.2, 0) is 29.1 Å². The largest absolute Gasteiger partial charge is 0.314 e. The average molecular weight is 498 g/mol. The minimum Gasteiger partial charge on any atom is -0.314 e. The molecular weight excluding hydrogens is 466 g/mol. The number of anilines is 2. The average Bonchev–Trinajstić information content (AvgIpc) is 3.61.